The topological polar surface area (TPSA) is 73.8 Å². The number of nitrogens with zero attached hydrogens (tertiary/aromatic N) is 4. The first-order valence-corrected chi connectivity index (χ1v) is 5.66. The maximum absolute atomic E-state index is 10.6. The van der Waals surface area contributed by atoms with Gasteiger partial charge in [-0.05, 0) is 31.9 Å². The molecule has 0 atom stereocenters. The second kappa shape index (κ2) is 4.30. The van der Waals surface area contributed by atoms with Crippen molar-refractivity contribution < 1.29 is 4.92 Å². The Morgan fingerprint density at radius 3 is 2.38 bits per heavy atom. The molecule has 1 aromatic carbocycles. The number of rotatable bonds is 2. The van der Waals surface area contributed by atoms with Gasteiger partial charge in [0, 0.05) is 12.1 Å². The van der Waals surface area contributed by atoms with Crippen LogP contribution in [0.3, 0.4) is 0 Å². The molecule has 0 bridgehead atoms. The molecule has 82 valence electrons. The fourth-order valence-electron chi connectivity index (χ4n) is 1.20. The highest BCUT2D eigenvalue weighted by molar-refractivity contribution is 9.11. The normalized spacial score (nSPS) is 10.4. The summed E-state index contributed by atoms with van der Waals surface area (Å²) in [6.45, 7) is 0. The summed E-state index contributed by atoms with van der Waals surface area (Å²) in [6, 6.07) is 2.84. The second-order valence-corrected chi connectivity index (χ2v) is 4.56. The Kier molecular flexibility index (Phi) is 3.01. The fraction of sp³-hybridized carbons (Fsp3) is 0. The third-order valence-corrected chi connectivity index (χ3v) is 3.07. The quantitative estimate of drug-likeness (QED) is 0.618. The zero-order chi connectivity index (χ0) is 11.7. The van der Waals surface area contributed by atoms with Crippen molar-refractivity contribution in [1.82, 2.24) is 14.8 Å². The smallest absolute Gasteiger partial charge is 0.258 e. The highest BCUT2D eigenvalue weighted by Gasteiger charge is 2.15. The van der Waals surface area contributed by atoms with E-state index in [-0.39, 0.29) is 5.69 Å². The molecule has 0 saturated carbocycles. The average molecular weight is 348 g/mol. The van der Waals surface area contributed by atoms with E-state index in [0.29, 0.717) is 14.6 Å². The lowest BCUT2D eigenvalue weighted by Crippen LogP contribution is -1.98. The monoisotopic (exact) mass is 346 g/mol. The Morgan fingerprint density at radius 2 is 1.94 bits per heavy atom. The van der Waals surface area contributed by atoms with Gasteiger partial charge in [0.25, 0.3) is 5.69 Å². The van der Waals surface area contributed by atoms with Crippen molar-refractivity contribution >= 4 is 37.5 Å². The summed E-state index contributed by atoms with van der Waals surface area (Å²) in [4.78, 5) is 14.0. The van der Waals surface area contributed by atoms with Crippen LogP contribution in [0.4, 0.5) is 5.69 Å². The third-order valence-electron chi connectivity index (χ3n) is 1.86. The number of benzene rings is 1. The minimum atomic E-state index is -0.458. The van der Waals surface area contributed by atoms with E-state index in [9.17, 15) is 10.1 Å². The Morgan fingerprint density at radius 1 is 1.31 bits per heavy atom. The number of hydrogen-bond donors (Lipinski definition) is 0. The van der Waals surface area contributed by atoms with Crippen molar-refractivity contribution in [3.05, 3.63) is 43.8 Å². The molecule has 0 aliphatic heterocycles. The van der Waals surface area contributed by atoms with E-state index >= 15 is 0 Å². The number of aromatic nitrogens is 3. The van der Waals surface area contributed by atoms with E-state index in [2.05, 4.69) is 41.9 Å². The fourth-order valence-corrected chi connectivity index (χ4v) is 2.73. The van der Waals surface area contributed by atoms with E-state index in [1.807, 2.05) is 0 Å². The van der Waals surface area contributed by atoms with Crippen molar-refractivity contribution in [1.29, 1.82) is 0 Å². The van der Waals surface area contributed by atoms with Crippen molar-refractivity contribution in [2.45, 2.75) is 0 Å². The molecule has 0 fully saturated rings. The van der Waals surface area contributed by atoms with Crippen LogP contribution >= 0.6 is 31.9 Å². The van der Waals surface area contributed by atoms with E-state index in [0.717, 1.165) is 0 Å². The SMILES string of the molecule is O=[N+]([O-])c1cc(Br)c(-n2cncn2)c(Br)c1. The largest absolute Gasteiger partial charge is 0.271 e. The van der Waals surface area contributed by atoms with Gasteiger partial charge in [0.1, 0.15) is 12.7 Å². The van der Waals surface area contributed by atoms with Crippen molar-refractivity contribution in [2.24, 2.45) is 0 Å². The molecule has 2 aromatic rings. The van der Waals surface area contributed by atoms with Crippen LogP contribution in [0.15, 0.2) is 33.7 Å². The molecule has 0 aliphatic carbocycles. The van der Waals surface area contributed by atoms with Crippen LogP contribution in [0.5, 0.6) is 0 Å². The standard InChI is InChI=1S/C8H4Br2N4O2/c9-6-1-5(14(15)16)2-7(10)8(6)13-4-11-3-12-13/h1-4H. The molecule has 0 aliphatic rings. The maximum atomic E-state index is 10.6. The second-order valence-electron chi connectivity index (χ2n) is 2.86. The van der Waals surface area contributed by atoms with Crippen LogP contribution in [-0.4, -0.2) is 19.7 Å². The first-order chi connectivity index (χ1) is 7.59. The van der Waals surface area contributed by atoms with Gasteiger partial charge >= 0.3 is 0 Å². The summed E-state index contributed by atoms with van der Waals surface area (Å²) in [5.74, 6) is 0. The zero-order valence-corrected chi connectivity index (χ0v) is 10.8. The lowest BCUT2D eigenvalue weighted by molar-refractivity contribution is -0.385. The summed E-state index contributed by atoms with van der Waals surface area (Å²) in [5.41, 5.74) is 0.672. The predicted molar refractivity (Wildman–Crippen MR) is 63.4 cm³/mol. The average Bonchev–Trinajstić information content (AvgIpc) is 2.69. The molecule has 0 unspecified atom stereocenters. The number of hydrogen-bond acceptors (Lipinski definition) is 4. The molecule has 6 nitrogen and oxygen atoms in total. The van der Waals surface area contributed by atoms with Crippen LogP contribution in [0.1, 0.15) is 0 Å². The van der Waals surface area contributed by atoms with Crippen LogP contribution in [0.25, 0.3) is 5.69 Å². The number of halogens is 2. The Hall–Kier alpha value is -1.28. The van der Waals surface area contributed by atoms with Gasteiger partial charge in [-0.15, -0.1) is 0 Å². The summed E-state index contributed by atoms with van der Waals surface area (Å²) >= 11 is 6.53. The number of nitro groups is 1. The molecule has 0 radical (unpaired) electrons. The first kappa shape index (κ1) is 11.2. The number of nitro benzene ring substituents is 1. The molecule has 0 amide bonds. The van der Waals surface area contributed by atoms with Crippen LogP contribution < -0.4 is 0 Å². The summed E-state index contributed by atoms with van der Waals surface area (Å²) in [6.07, 6.45) is 2.90. The molecular formula is C8H4Br2N4O2. The van der Waals surface area contributed by atoms with Gasteiger partial charge in [0.05, 0.1) is 19.6 Å². The van der Waals surface area contributed by atoms with E-state index in [4.69, 9.17) is 0 Å². The summed E-state index contributed by atoms with van der Waals surface area (Å²) in [5, 5.41) is 14.6. The molecule has 0 saturated heterocycles. The zero-order valence-electron chi connectivity index (χ0n) is 7.67. The molecule has 0 N–H and O–H groups in total. The van der Waals surface area contributed by atoms with E-state index in [1.54, 1.807) is 0 Å². The summed E-state index contributed by atoms with van der Waals surface area (Å²) in [7, 11) is 0. The molecule has 1 heterocycles. The number of non-ortho nitro benzene ring substituents is 1. The van der Waals surface area contributed by atoms with Crippen molar-refractivity contribution in [3.63, 3.8) is 0 Å². The first-order valence-electron chi connectivity index (χ1n) is 4.08. The molecule has 16 heavy (non-hydrogen) atoms. The minimum Gasteiger partial charge on any atom is -0.258 e. The highest BCUT2D eigenvalue weighted by Crippen LogP contribution is 2.32. The molecule has 0 spiro atoms. The van der Waals surface area contributed by atoms with Gasteiger partial charge in [-0.25, -0.2) is 9.67 Å². The Labute approximate surface area is 107 Å². The van der Waals surface area contributed by atoms with Gasteiger partial charge in [-0.3, -0.25) is 10.1 Å². The van der Waals surface area contributed by atoms with E-state index in [1.165, 1.54) is 29.5 Å². The molecule has 2 rings (SSSR count). The van der Waals surface area contributed by atoms with Crippen molar-refractivity contribution in [3.8, 4) is 5.69 Å². The van der Waals surface area contributed by atoms with Crippen LogP contribution in [-0.2, 0) is 0 Å². The predicted octanol–water partition coefficient (Wildman–Crippen LogP) is 2.70. The molecular weight excluding hydrogens is 344 g/mol. The van der Waals surface area contributed by atoms with Crippen LogP contribution in [0, 0.1) is 10.1 Å². The van der Waals surface area contributed by atoms with Gasteiger partial charge < -0.3 is 0 Å². The minimum absolute atomic E-state index is 0.00242. The van der Waals surface area contributed by atoms with Gasteiger partial charge in [0.2, 0.25) is 0 Å². The Balaban J connectivity index is 2.61. The molecule has 1 aromatic heterocycles. The highest BCUT2D eigenvalue weighted by atomic mass is 79.9. The lowest BCUT2D eigenvalue weighted by atomic mass is 10.3. The third kappa shape index (κ3) is 1.98. The van der Waals surface area contributed by atoms with Gasteiger partial charge in [-0.1, -0.05) is 0 Å². The summed E-state index contributed by atoms with van der Waals surface area (Å²) < 4.78 is 2.65. The Bertz CT molecular complexity index is 518. The lowest BCUT2D eigenvalue weighted by Gasteiger charge is -2.06. The molecule has 8 heteroatoms. The van der Waals surface area contributed by atoms with Gasteiger partial charge in [0.15, 0.2) is 0 Å². The maximum Gasteiger partial charge on any atom is 0.271 e. The van der Waals surface area contributed by atoms with Crippen molar-refractivity contribution in [2.75, 3.05) is 0 Å². The van der Waals surface area contributed by atoms with E-state index < -0.39 is 4.92 Å². The van der Waals surface area contributed by atoms with Gasteiger partial charge in [-0.2, -0.15) is 5.10 Å². The van der Waals surface area contributed by atoms with Crippen LogP contribution in [0.2, 0.25) is 0 Å².